The molecule has 128 valence electrons. The quantitative estimate of drug-likeness (QED) is 0.489. The Hall–Kier alpha value is -1.36. The van der Waals surface area contributed by atoms with Crippen LogP contribution in [0.4, 0.5) is 11.4 Å². The Morgan fingerprint density at radius 3 is 2.00 bits per heavy atom. The van der Waals surface area contributed by atoms with Gasteiger partial charge < -0.3 is 4.90 Å². The third kappa shape index (κ3) is 3.62. The number of nitrogens with zero attached hydrogens (tertiary/aromatic N) is 1. The van der Waals surface area contributed by atoms with Gasteiger partial charge in [0.25, 0.3) is 0 Å². The zero-order chi connectivity index (χ0) is 17.2. The molecule has 0 fully saturated rings. The summed E-state index contributed by atoms with van der Waals surface area (Å²) in [5, 5.41) is 0.589. The third-order valence-corrected chi connectivity index (χ3v) is 8.75. The molecule has 3 aromatic rings. The molecule has 0 N–H and O–H groups in total. The Kier molecular flexibility index (Phi) is 5.11. The van der Waals surface area contributed by atoms with Gasteiger partial charge in [0, 0.05) is 48.5 Å². The lowest BCUT2D eigenvalue weighted by Crippen LogP contribution is -2.29. The lowest BCUT2D eigenvalue weighted by molar-refractivity contribution is 0.901. The fourth-order valence-corrected chi connectivity index (χ4v) is 7.47. The van der Waals surface area contributed by atoms with E-state index in [1.54, 1.807) is 0 Å². The van der Waals surface area contributed by atoms with E-state index in [2.05, 4.69) is 91.2 Å². The maximum absolute atomic E-state index is 2.46. The predicted octanol–water partition coefficient (Wildman–Crippen LogP) is 6.77. The number of rotatable bonds is 4. The largest absolute Gasteiger partial charge is 0.340 e. The fraction of sp³-hybridized carbons (Fsp3) is 0.238. The minimum Gasteiger partial charge on any atom is -0.340 e. The molecular weight excluding hydrogens is 362 g/mol. The number of anilines is 2. The molecule has 4 heteroatoms. The Balaban J connectivity index is 1.61. The van der Waals surface area contributed by atoms with Gasteiger partial charge in [-0.05, 0) is 38.1 Å². The highest BCUT2D eigenvalue weighted by atomic mass is 32.2. The van der Waals surface area contributed by atoms with E-state index in [4.69, 9.17) is 0 Å². The molecule has 0 radical (unpaired) electrons. The van der Waals surface area contributed by atoms with Crippen molar-refractivity contribution >= 4 is 46.2 Å². The highest BCUT2D eigenvalue weighted by Crippen LogP contribution is 2.48. The van der Waals surface area contributed by atoms with Crippen LogP contribution >= 0.6 is 34.9 Å². The molecule has 2 heterocycles. The summed E-state index contributed by atoms with van der Waals surface area (Å²) in [5.41, 5.74) is 2.53. The number of aryl methyl sites for hydroxylation is 2. The number of hydrogen-bond donors (Lipinski definition) is 0. The molecule has 4 rings (SSSR count). The predicted molar refractivity (Wildman–Crippen MR) is 114 cm³/mol. The number of thiophene rings is 1. The monoisotopic (exact) mass is 383 g/mol. The van der Waals surface area contributed by atoms with Crippen molar-refractivity contribution in [1.82, 2.24) is 0 Å². The molecule has 1 atom stereocenters. The van der Waals surface area contributed by atoms with Crippen LogP contribution in [0.2, 0.25) is 0 Å². The molecule has 1 nitrogen and oxygen atoms in total. The molecular formula is C21H21NS3. The Bertz CT molecular complexity index is 803. The number of fused-ring (bicyclic) bond motifs is 1. The topological polar surface area (TPSA) is 3.24 Å². The Labute approximate surface area is 162 Å². The molecule has 0 amide bonds. The summed E-state index contributed by atoms with van der Waals surface area (Å²) in [5.74, 6) is 1.17. The molecule has 1 aromatic heterocycles. The van der Waals surface area contributed by atoms with Gasteiger partial charge in [-0.1, -0.05) is 36.4 Å². The first-order valence-electron chi connectivity index (χ1n) is 8.49. The average molecular weight is 384 g/mol. The van der Waals surface area contributed by atoms with Gasteiger partial charge >= 0.3 is 0 Å². The average Bonchev–Trinajstić information content (AvgIpc) is 2.95. The van der Waals surface area contributed by atoms with Crippen molar-refractivity contribution in [2.45, 2.75) is 28.9 Å². The Morgan fingerprint density at radius 1 is 0.840 bits per heavy atom. The van der Waals surface area contributed by atoms with Crippen molar-refractivity contribution in [2.24, 2.45) is 0 Å². The molecule has 0 bridgehead atoms. The third-order valence-electron chi connectivity index (χ3n) is 4.37. The summed E-state index contributed by atoms with van der Waals surface area (Å²) in [6.07, 6.45) is 0. The first kappa shape index (κ1) is 17.1. The van der Waals surface area contributed by atoms with E-state index in [1.165, 1.54) is 36.7 Å². The van der Waals surface area contributed by atoms with Gasteiger partial charge in [0.2, 0.25) is 0 Å². The zero-order valence-electron chi connectivity index (χ0n) is 14.4. The highest BCUT2D eigenvalue weighted by Gasteiger charge is 2.27. The first-order valence-corrected chi connectivity index (χ1v) is 11.2. The standard InChI is InChI=1S/C21H21NS3/c1-15-20-21(16(2)24-15)25-19(14-23-20)13-22(17-9-5-3-6-10-17)18-11-7-4-8-12-18/h3-12,19H,13-14H2,1-2H3. The SMILES string of the molecule is Cc1sc(C)c2c1SCC(CN(c1ccccc1)c1ccccc1)S2. The van der Waals surface area contributed by atoms with Crippen molar-refractivity contribution in [2.75, 3.05) is 17.2 Å². The van der Waals surface area contributed by atoms with Gasteiger partial charge in [0.05, 0.1) is 0 Å². The number of thioether (sulfide) groups is 2. The zero-order valence-corrected chi connectivity index (χ0v) is 16.9. The minimum atomic E-state index is 0.589. The van der Waals surface area contributed by atoms with Crippen LogP contribution in [0, 0.1) is 13.8 Å². The second kappa shape index (κ2) is 7.48. The van der Waals surface area contributed by atoms with Crippen LogP contribution in [0.3, 0.4) is 0 Å². The molecule has 0 saturated heterocycles. The van der Waals surface area contributed by atoms with Crippen LogP contribution in [0.15, 0.2) is 70.5 Å². The molecule has 1 aliphatic rings. The summed E-state index contributed by atoms with van der Waals surface area (Å²) >= 11 is 6.05. The van der Waals surface area contributed by atoms with E-state index in [-0.39, 0.29) is 0 Å². The summed E-state index contributed by atoms with van der Waals surface area (Å²) < 4.78 is 0. The minimum absolute atomic E-state index is 0.589. The van der Waals surface area contributed by atoms with Gasteiger partial charge in [-0.2, -0.15) is 0 Å². The van der Waals surface area contributed by atoms with Crippen molar-refractivity contribution in [1.29, 1.82) is 0 Å². The van der Waals surface area contributed by atoms with Gasteiger partial charge in [0.1, 0.15) is 0 Å². The van der Waals surface area contributed by atoms with E-state index in [1.807, 2.05) is 23.1 Å². The van der Waals surface area contributed by atoms with Crippen LogP contribution in [0.25, 0.3) is 0 Å². The number of benzene rings is 2. The maximum Gasteiger partial charge on any atom is 0.0411 e. The highest BCUT2D eigenvalue weighted by molar-refractivity contribution is 8.06. The normalized spacial score (nSPS) is 16.5. The molecule has 0 saturated carbocycles. The number of hydrogen-bond acceptors (Lipinski definition) is 4. The first-order chi connectivity index (χ1) is 12.2. The van der Waals surface area contributed by atoms with Gasteiger partial charge in [-0.3, -0.25) is 0 Å². The van der Waals surface area contributed by atoms with Crippen LogP contribution in [0.1, 0.15) is 9.75 Å². The smallest absolute Gasteiger partial charge is 0.0411 e. The van der Waals surface area contributed by atoms with Crippen molar-refractivity contribution < 1.29 is 0 Å². The lowest BCUT2D eigenvalue weighted by Gasteiger charge is -2.31. The van der Waals surface area contributed by atoms with E-state index in [9.17, 15) is 0 Å². The van der Waals surface area contributed by atoms with Crippen molar-refractivity contribution in [3.8, 4) is 0 Å². The molecule has 0 aliphatic carbocycles. The summed E-state index contributed by atoms with van der Waals surface area (Å²) in [6.45, 7) is 5.54. The number of para-hydroxylation sites is 2. The van der Waals surface area contributed by atoms with Gasteiger partial charge in [0.15, 0.2) is 0 Å². The fourth-order valence-electron chi connectivity index (χ4n) is 3.19. The van der Waals surface area contributed by atoms with Crippen LogP contribution < -0.4 is 4.90 Å². The summed E-state index contributed by atoms with van der Waals surface area (Å²) in [7, 11) is 0. The molecule has 1 unspecified atom stereocenters. The molecule has 25 heavy (non-hydrogen) atoms. The molecule has 0 spiro atoms. The second-order valence-corrected chi connectivity index (χ2v) is 9.97. The van der Waals surface area contributed by atoms with E-state index >= 15 is 0 Å². The van der Waals surface area contributed by atoms with E-state index in [0.29, 0.717) is 5.25 Å². The lowest BCUT2D eigenvalue weighted by atomic mass is 10.2. The molecule has 1 aliphatic heterocycles. The van der Waals surface area contributed by atoms with Gasteiger partial charge in [-0.25, -0.2) is 0 Å². The Morgan fingerprint density at radius 2 is 1.40 bits per heavy atom. The molecule has 2 aromatic carbocycles. The summed E-state index contributed by atoms with van der Waals surface area (Å²) in [6, 6.07) is 21.5. The van der Waals surface area contributed by atoms with E-state index < -0.39 is 0 Å². The van der Waals surface area contributed by atoms with Crippen molar-refractivity contribution in [3.63, 3.8) is 0 Å². The van der Waals surface area contributed by atoms with Gasteiger partial charge in [-0.15, -0.1) is 34.9 Å². The van der Waals surface area contributed by atoms with Crippen LogP contribution in [0.5, 0.6) is 0 Å². The maximum atomic E-state index is 2.46. The van der Waals surface area contributed by atoms with Crippen LogP contribution in [-0.4, -0.2) is 17.5 Å². The van der Waals surface area contributed by atoms with Crippen LogP contribution in [-0.2, 0) is 0 Å². The van der Waals surface area contributed by atoms with E-state index in [0.717, 1.165) is 6.54 Å². The van der Waals surface area contributed by atoms with Crippen molar-refractivity contribution in [3.05, 3.63) is 70.4 Å². The summed E-state index contributed by atoms with van der Waals surface area (Å²) in [4.78, 5) is 8.45. The second-order valence-electron chi connectivity index (χ2n) is 6.21.